The molecule has 2 heterocycles. The van der Waals surface area contributed by atoms with Gasteiger partial charge in [0.2, 0.25) is 0 Å². The molecule has 1 atom stereocenters. The average molecular weight is 600 g/mol. The maximum absolute atomic E-state index is 13.8. The average Bonchev–Trinajstić information content (AvgIpc) is 3.24. The smallest absolute Gasteiger partial charge is 0.416 e. The number of rotatable bonds is 7. The Balaban J connectivity index is 1.53. The largest absolute Gasteiger partial charge is 0.444 e. The molecule has 1 aliphatic rings. The zero-order chi connectivity index (χ0) is 27.0. The second-order valence-electron chi connectivity index (χ2n) is 8.63. The maximum atomic E-state index is 13.8. The highest BCUT2D eigenvalue weighted by Gasteiger charge is 2.35. The van der Waals surface area contributed by atoms with Gasteiger partial charge in [-0.3, -0.25) is 9.69 Å². The van der Waals surface area contributed by atoms with Crippen LogP contribution in [0, 0.1) is 0 Å². The number of fused-ring (bicyclic) bond motifs is 1. The summed E-state index contributed by atoms with van der Waals surface area (Å²) in [4.78, 5) is 15.0. The van der Waals surface area contributed by atoms with Gasteiger partial charge in [0.25, 0.3) is 0 Å². The molecule has 4 rings (SSSR count). The van der Waals surface area contributed by atoms with Gasteiger partial charge in [0.15, 0.2) is 16.6 Å². The Bertz CT molecular complexity index is 1410. The molecule has 7 nitrogen and oxygen atoms in total. The summed E-state index contributed by atoms with van der Waals surface area (Å²) in [6, 6.07) is 10.00. The molecule has 37 heavy (non-hydrogen) atoms. The summed E-state index contributed by atoms with van der Waals surface area (Å²) in [5.74, 6) is -0.450. The number of hydrogen-bond acceptors (Lipinski definition) is 6. The highest BCUT2D eigenvalue weighted by Crippen LogP contribution is 2.33. The molecule has 0 amide bonds. The van der Waals surface area contributed by atoms with E-state index in [-0.39, 0.29) is 11.6 Å². The zero-order valence-electron chi connectivity index (χ0n) is 19.9. The van der Waals surface area contributed by atoms with E-state index in [1.54, 1.807) is 33.9 Å². The van der Waals surface area contributed by atoms with Gasteiger partial charge in [-0.05, 0) is 58.4 Å². The number of benzene rings is 2. The first kappa shape index (κ1) is 27.2. The number of hydrogen-bond donors (Lipinski definition) is 0. The number of ether oxygens (including phenoxy) is 1. The number of halogens is 4. The minimum atomic E-state index is -4.40. The zero-order valence-corrected chi connectivity index (χ0v) is 22.3. The molecule has 1 saturated heterocycles. The first-order chi connectivity index (χ1) is 17.4. The van der Waals surface area contributed by atoms with Gasteiger partial charge in [0.1, 0.15) is 5.37 Å². The number of nitrogens with zero attached hydrogens (tertiary/aromatic N) is 3. The molecule has 0 bridgehead atoms. The Labute approximate surface area is 221 Å². The van der Waals surface area contributed by atoms with Crippen molar-refractivity contribution in [1.29, 1.82) is 0 Å². The van der Waals surface area contributed by atoms with Crippen LogP contribution in [0.4, 0.5) is 18.9 Å². The number of esters is 1. The van der Waals surface area contributed by atoms with Crippen LogP contribution < -0.4 is 4.90 Å². The fourth-order valence-corrected chi connectivity index (χ4v) is 7.14. The summed E-state index contributed by atoms with van der Waals surface area (Å²) in [6.45, 7) is 6.65. The third kappa shape index (κ3) is 5.70. The normalized spacial score (nSPS) is 16.1. The van der Waals surface area contributed by atoms with Crippen molar-refractivity contribution >= 4 is 48.3 Å². The first-order valence-electron chi connectivity index (χ1n) is 11.4. The topological polar surface area (TPSA) is 71.8 Å². The summed E-state index contributed by atoms with van der Waals surface area (Å²) in [6.07, 6.45) is -1.30. The van der Waals surface area contributed by atoms with Crippen molar-refractivity contribution < 1.29 is 31.1 Å². The number of anilines is 1. The summed E-state index contributed by atoms with van der Waals surface area (Å²) < 4.78 is 73.2. The van der Waals surface area contributed by atoms with E-state index in [9.17, 15) is 26.4 Å². The molecule has 1 aromatic heterocycles. The Hall–Kier alpha value is -2.83. The lowest BCUT2D eigenvalue weighted by Gasteiger charge is -2.39. The first-order valence-corrected chi connectivity index (χ1v) is 13.7. The maximum Gasteiger partial charge on any atom is 0.416 e. The minimum absolute atomic E-state index is 0.0449. The highest BCUT2D eigenvalue weighted by atomic mass is 79.9. The van der Waals surface area contributed by atoms with Crippen LogP contribution in [-0.2, 0) is 32.3 Å². The Morgan fingerprint density at radius 3 is 2.35 bits per heavy atom. The van der Waals surface area contributed by atoms with Crippen LogP contribution in [0.25, 0.3) is 10.9 Å². The van der Waals surface area contributed by atoms with Crippen molar-refractivity contribution in [2.75, 3.05) is 31.1 Å². The molecule has 0 saturated carbocycles. The fraction of sp³-hybridized carbons (Fsp3) is 0.320. The molecule has 0 N–H and O–H groups in total. The molecule has 0 aliphatic carbocycles. The molecule has 2 aromatic carbocycles. The molecule has 0 spiro atoms. The SMILES string of the molecule is C=CC(N1CCN(c2ccc(C(F)(F)F)cc2)CC1)S(=O)(=O)c1cc2c(ccn2COC(C)=O)cc1Br. The van der Waals surface area contributed by atoms with Gasteiger partial charge in [-0.15, -0.1) is 6.58 Å². The van der Waals surface area contributed by atoms with Crippen molar-refractivity contribution in [3.05, 3.63) is 71.4 Å². The molecule has 1 aliphatic heterocycles. The van der Waals surface area contributed by atoms with Crippen molar-refractivity contribution in [3.8, 4) is 0 Å². The lowest BCUT2D eigenvalue weighted by Crippen LogP contribution is -2.52. The van der Waals surface area contributed by atoms with E-state index >= 15 is 0 Å². The summed E-state index contributed by atoms with van der Waals surface area (Å²) in [7, 11) is -3.91. The quantitative estimate of drug-likeness (QED) is 0.279. The third-order valence-corrected chi connectivity index (χ3v) is 9.29. The number of alkyl halides is 3. The van der Waals surface area contributed by atoms with Gasteiger partial charge in [-0.1, -0.05) is 6.08 Å². The van der Waals surface area contributed by atoms with Crippen molar-refractivity contribution in [2.45, 2.75) is 30.1 Å². The van der Waals surface area contributed by atoms with Crippen molar-refractivity contribution in [2.24, 2.45) is 0 Å². The molecule has 3 aromatic rings. The van der Waals surface area contributed by atoms with E-state index in [2.05, 4.69) is 22.5 Å². The van der Waals surface area contributed by atoms with Gasteiger partial charge in [-0.25, -0.2) is 8.42 Å². The number of carbonyl (C=O) groups excluding carboxylic acids is 1. The van der Waals surface area contributed by atoms with Gasteiger partial charge in [0.05, 0.1) is 16.0 Å². The number of carbonyl (C=O) groups is 1. The number of aromatic nitrogens is 1. The van der Waals surface area contributed by atoms with Gasteiger partial charge in [-0.2, -0.15) is 13.2 Å². The van der Waals surface area contributed by atoms with Gasteiger partial charge in [0, 0.05) is 54.8 Å². The molecule has 12 heteroatoms. The van der Waals surface area contributed by atoms with E-state index in [4.69, 9.17) is 4.74 Å². The van der Waals surface area contributed by atoms with Crippen LogP contribution in [0.15, 0.2) is 70.7 Å². The van der Waals surface area contributed by atoms with Crippen LogP contribution in [-0.4, -0.2) is 55.4 Å². The molecule has 0 radical (unpaired) electrons. The van der Waals surface area contributed by atoms with Gasteiger partial charge < -0.3 is 14.2 Å². The van der Waals surface area contributed by atoms with Crippen LogP contribution in [0.3, 0.4) is 0 Å². The monoisotopic (exact) mass is 599 g/mol. The predicted molar refractivity (Wildman–Crippen MR) is 138 cm³/mol. The molecule has 1 fully saturated rings. The molecular formula is C25H25BrF3N3O4S. The van der Waals surface area contributed by atoms with Gasteiger partial charge >= 0.3 is 12.1 Å². The highest BCUT2D eigenvalue weighted by molar-refractivity contribution is 9.10. The van der Waals surface area contributed by atoms with E-state index in [1.165, 1.54) is 25.1 Å². The molecular weight excluding hydrogens is 575 g/mol. The van der Waals surface area contributed by atoms with Crippen molar-refractivity contribution in [1.82, 2.24) is 9.47 Å². The van der Waals surface area contributed by atoms with Crippen LogP contribution in [0.1, 0.15) is 12.5 Å². The lowest BCUT2D eigenvalue weighted by atomic mass is 10.1. The Kier molecular flexibility index (Phi) is 7.72. The second-order valence-corrected chi connectivity index (χ2v) is 11.5. The lowest BCUT2D eigenvalue weighted by molar-refractivity contribution is -0.144. The van der Waals surface area contributed by atoms with E-state index in [0.29, 0.717) is 41.9 Å². The molecule has 1 unspecified atom stereocenters. The minimum Gasteiger partial charge on any atom is -0.444 e. The second kappa shape index (κ2) is 10.5. The van der Waals surface area contributed by atoms with Crippen molar-refractivity contribution in [3.63, 3.8) is 0 Å². The fourth-order valence-electron chi connectivity index (χ4n) is 4.38. The van der Waals surface area contributed by atoms with E-state index in [1.807, 2.05) is 4.90 Å². The Morgan fingerprint density at radius 2 is 1.78 bits per heavy atom. The summed E-state index contributed by atoms with van der Waals surface area (Å²) in [5.41, 5.74) is 0.527. The summed E-state index contributed by atoms with van der Waals surface area (Å²) in [5, 5.41) is -0.230. The van der Waals surface area contributed by atoms with Crippen LogP contribution in [0.2, 0.25) is 0 Å². The predicted octanol–water partition coefficient (Wildman–Crippen LogP) is 5.05. The van der Waals surface area contributed by atoms with Crippen LogP contribution in [0.5, 0.6) is 0 Å². The standard InChI is InChI=1S/C25H25BrF3N3O4S/c1-3-24(31-12-10-30(11-13-31)20-6-4-19(5-7-20)25(27,28)29)37(34,35)23-15-22-18(14-21(23)26)8-9-32(22)16-36-17(2)33/h3-9,14-15,24H,1,10-13,16H2,2H3. The number of sulfone groups is 1. The Morgan fingerprint density at radius 1 is 1.14 bits per heavy atom. The number of piperazine rings is 1. The van der Waals surface area contributed by atoms with E-state index in [0.717, 1.165) is 17.5 Å². The van der Waals surface area contributed by atoms with E-state index < -0.39 is 32.9 Å². The third-order valence-electron chi connectivity index (χ3n) is 6.29. The molecule has 198 valence electrons. The summed E-state index contributed by atoms with van der Waals surface area (Å²) >= 11 is 3.39. The van der Waals surface area contributed by atoms with Crippen LogP contribution >= 0.6 is 15.9 Å².